The summed E-state index contributed by atoms with van der Waals surface area (Å²) in [5.41, 5.74) is 2.56. The molecule has 0 aromatic heterocycles. The van der Waals surface area contributed by atoms with Gasteiger partial charge in [0, 0.05) is 21.7 Å². The van der Waals surface area contributed by atoms with Gasteiger partial charge in [0.15, 0.2) is 0 Å². The summed E-state index contributed by atoms with van der Waals surface area (Å²) in [7, 11) is 0. The number of allylic oxidation sites excluding steroid dienone is 8. The molecule has 0 heterocycles. The van der Waals surface area contributed by atoms with E-state index in [2.05, 4.69) is 74.6 Å². The zero-order chi connectivity index (χ0) is 13.1. The Morgan fingerprint density at radius 3 is 1.53 bits per heavy atom. The van der Waals surface area contributed by atoms with Gasteiger partial charge in [-0.05, 0) is 12.8 Å². The van der Waals surface area contributed by atoms with Crippen LogP contribution in [0.1, 0.15) is 24.0 Å². The van der Waals surface area contributed by atoms with Crippen LogP contribution in [0, 0.1) is 19.9 Å². The van der Waals surface area contributed by atoms with E-state index in [0.717, 1.165) is 12.8 Å². The van der Waals surface area contributed by atoms with Crippen LogP contribution >= 0.6 is 0 Å². The first kappa shape index (κ1) is 17.9. The normalized spacial score (nSPS) is 13.2. The van der Waals surface area contributed by atoms with Crippen LogP contribution in [-0.4, -0.2) is 0 Å². The molecule has 0 radical (unpaired) electrons. The van der Waals surface area contributed by atoms with Gasteiger partial charge in [0.1, 0.15) is 0 Å². The molecule has 19 heavy (non-hydrogen) atoms. The van der Waals surface area contributed by atoms with Gasteiger partial charge in [0.25, 0.3) is 0 Å². The molecular formula is C18H21Ti-. The molecule has 2 aliphatic rings. The second-order valence-electron chi connectivity index (χ2n) is 4.16. The summed E-state index contributed by atoms with van der Waals surface area (Å²) in [5, 5.41) is 0. The molecule has 0 atom stereocenters. The van der Waals surface area contributed by atoms with E-state index in [1.165, 1.54) is 11.1 Å². The molecule has 1 aromatic carbocycles. The maximum Gasteiger partial charge on any atom is 0 e. The number of benzene rings is 1. The SMILES string of the molecule is C1=CCC=C1.C1=CCC=C1.Cc1[c-]cccc1C.[Ti]. The number of hydrogen-bond donors (Lipinski definition) is 0. The Hall–Kier alpha value is -1.11. The van der Waals surface area contributed by atoms with E-state index in [1.54, 1.807) is 0 Å². The molecule has 0 nitrogen and oxygen atoms in total. The Balaban J connectivity index is 0.000000259. The van der Waals surface area contributed by atoms with Gasteiger partial charge in [-0.3, -0.25) is 0 Å². The van der Waals surface area contributed by atoms with Crippen LogP contribution < -0.4 is 0 Å². The van der Waals surface area contributed by atoms with E-state index < -0.39 is 0 Å². The molecule has 0 saturated carbocycles. The number of aryl methyl sites for hydroxylation is 2. The molecule has 0 aliphatic heterocycles. The fraction of sp³-hybridized carbons (Fsp3) is 0.222. The van der Waals surface area contributed by atoms with Gasteiger partial charge < -0.3 is 0 Å². The predicted octanol–water partition coefficient (Wildman–Crippen LogP) is 5.11. The van der Waals surface area contributed by atoms with Crippen molar-refractivity contribution in [3.63, 3.8) is 0 Å². The van der Waals surface area contributed by atoms with Crippen LogP contribution in [0.5, 0.6) is 0 Å². The van der Waals surface area contributed by atoms with Crippen LogP contribution in [0.25, 0.3) is 0 Å². The van der Waals surface area contributed by atoms with Gasteiger partial charge in [-0.2, -0.15) is 35.4 Å². The van der Waals surface area contributed by atoms with Crippen LogP contribution in [0.4, 0.5) is 0 Å². The molecule has 98 valence electrons. The van der Waals surface area contributed by atoms with E-state index in [0.29, 0.717) is 0 Å². The first-order valence-electron chi connectivity index (χ1n) is 6.38. The third-order valence-electron chi connectivity index (χ3n) is 2.64. The van der Waals surface area contributed by atoms with Gasteiger partial charge in [-0.1, -0.05) is 62.5 Å². The largest absolute Gasteiger partial charge is 0.180 e. The summed E-state index contributed by atoms with van der Waals surface area (Å²) in [6, 6.07) is 9.12. The molecule has 0 unspecified atom stereocenters. The topological polar surface area (TPSA) is 0 Å². The van der Waals surface area contributed by atoms with Crippen molar-refractivity contribution in [1.82, 2.24) is 0 Å². The smallest absolute Gasteiger partial charge is 0 e. The fourth-order valence-electron chi connectivity index (χ4n) is 1.39. The van der Waals surface area contributed by atoms with Crippen LogP contribution in [-0.2, 0) is 21.7 Å². The molecule has 0 N–H and O–H groups in total. The van der Waals surface area contributed by atoms with Gasteiger partial charge >= 0.3 is 0 Å². The van der Waals surface area contributed by atoms with E-state index >= 15 is 0 Å². The molecule has 0 saturated heterocycles. The summed E-state index contributed by atoms with van der Waals surface area (Å²) >= 11 is 0. The third kappa shape index (κ3) is 9.47. The summed E-state index contributed by atoms with van der Waals surface area (Å²) < 4.78 is 0. The monoisotopic (exact) mass is 285 g/mol. The minimum atomic E-state index is 0. The number of hydrogen-bond acceptors (Lipinski definition) is 0. The summed E-state index contributed by atoms with van der Waals surface area (Å²) in [5.74, 6) is 0. The molecule has 0 amide bonds. The zero-order valence-corrected chi connectivity index (χ0v) is 13.3. The first-order chi connectivity index (χ1) is 8.80. The molecule has 2 aliphatic carbocycles. The van der Waals surface area contributed by atoms with Crippen molar-refractivity contribution < 1.29 is 21.7 Å². The Kier molecular flexibility index (Phi) is 11.3. The molecular weight excluding hydrogens is 264 g/mol. The van der Waals surface area contributed by atoms with Crippen molar-refractivity contribution in [1.29, 1.82) is 0 Å². The van der Waals surface area contributed by atoms with E-state index in [-0.39, 0.29) is 21.7 Å². The molecule has 1 aromatic rings. The van der Waals surface area contributed by atoms with Crippen molar-refractivity contribution >= 4 is 0 Å². The Bertz CT molecular complexity index is 388. The zero-order valence-electron chi connectivity index (χ0n) is 11.8. The minimum Gasteiger partial charge on any atom is -0.180 e. The first-order valence-corrected chi connectivity index (χ1v) is 6.38. The average molecular weight is 285 g/mol. The van der Waals surface area contributed by atoms with Crippen molar-refractivity contribution in [2.24, 2.45) is 0 Å². The van der Waals surface area contributed by atoms with Gasteiger partial charge in [0.05, 0.1) is 0 Å². The van der Waals surface area contributed by atoms with E-state index in [9.17, 15) is 0 Å². The predicted molar refractivity (Wildman–Crippen MR) is 80.5 cm³/mol. The Morgan fingerprint density at radius 2 is 1.32 bits per heavy atom. The standard InChI is InChI=1S/C8H9.2C5H6.Ti/c1-7-5-3-4-6-8(7)2;2*1-2-4-5-3-1;/h3-5H,1-2H3;2*1-4H,5H2;/q-1;;;. The summed E-state index contributed by atoms with van der Waals surface area (Å²) in [6.07, 6.45) is 19.0. The van der Waals surface area contributed by atoms with Crippen LogP contribution in [0.15, 0.2) is 66.8 Å². The maximum atomic E-state index is 3.10. The van der Waals surface area contributed by atoms with Crippen LogP contribution in [0.3, 0.4) is 0 Å². The molecule has 0 fully saturated rings. The molecule has 0 bridgehead atoms. The summed E-state index contributed by atoms with van der Waals surface area (Å²) in [6.45, 7) is 4.15. The fourth-order valence-corrected chi connectivity index (χ4v) is 1.39. The number of rotatable bonds is 0. The maximum absolute atomic E-state index is 3.10. The minimum absolute atomic E-state index is 0. The second kappa shape index (κ2) is 12.0. The van der Waals surface area contributed by atoms with E-state index in [1.807, 2.05) is 12.1 Å². The Labute approximate surface area is 132 Å². The van der Waals surface area contributed by atoms with Crippen molar-refractivity contribution in [2.75, 3.05) is 0 Å². The molecule has 3 rings (SSSR count). The van der Waals surface area contributed by atoms with Gasteiger partial charge in [0.2, 0.25) is 0 Å². The Morgan fingerprint density at radius 1 is 0.842 bits per heavy atom. The van der Waals surface area contributed by atoms with Crippen molar-refractivity contribution in [3.05, 3.63) is 84.0 Å². The average Bonchev–Trinajstić information content (AvgIpc) is 3.11. The molecule has 0 spiro atoms. The second-order valence-corrected chi connectivity index (χ2v) is 4.16. The quantitative estimate of drug-likeness (QED) is 0.459. The summed E-state index contributed by atoms with van der Waals surface area (Å²) in [4.78, 5) is 0. The van der Waals surface area contributed by atoms with E-state index in [4.69, 9.17) is 0 Å². The van der Waals surface area contributed by atoms with Crippen LogP contribution in [0.2, 0.25) is 0 Å². The van der Waals surface area contributed by atoms with Crippen molar-refractivity contribution in [3.8, 4) is 0 Å². The van der Waals surface area contributed by atoms with Crippen molar-refractivity contribution in [2.45, 2.75) is 26.7 Å². The third-order valence-corrected chi connectivity index (χ3v) is 2.64. The van der Waals surface area contributed by atoms with Gasteiger partial charge in [-0.25, -0.2) is 0 Å². The molecule has 1 heteroatoms. The van der Waals surface area contributed by atoms with Gasteiger partial charge in [-0.15, -0.1) is 0 Å².